The molecular formula is C20H15N5O3S. The summed E-state index contributed by atoms with van der Waals surface area (Å²) in [5.74, 6) is 0.208. The predicted molar refractivity (Wildman–Crippen MR) is 112 cm³/mol. The molecule has 8 nitrogen and oxygen atoms in total. The van der Waals surface area contributed by atoms with E-state index < -0.39 is 10.7 Å². The highest BCUT2D eigenvalue weighted by Gasteiger charge is 2.13. The van der Waals surface area contributed by atoms with Crippen LogP contribution >= 0.6 is 12.2 Å². The molecule has 0 aliphatic rings. The monoisotopic (exact) mass is 405 g/mol. The quantitative estimate of drug-likeness (QED) is 0.224. The number of nitrogens with one attached hydrogen (secondary N) is 1. The molecule has 29 heavy (non-hydrogen) atoms. The number of aromatic nitrogens is 3. The minimum absolute atomic E-state index is 0.310. The van der Waals surface area contributed by atoms with Crippen LogP contribution < -0.4 is 0 Å². The van der Waals surface area contributed by atoms with Crippen molar-refractivity contribution in [2.45, 2.75) is 6.42 Å². The van der Waals surface area contributed by atoms with Crippen molar-refractivity contribution >= 4 is 34.9 Å². The smallest absolute Gasteiger partial charge is 0.311 e. The van der Waals surface area contributed by atoms with E-state index in [1.807, 2.05) is 36.4 Å². The highest BCUT2D eigenvalue weighted by atomic mass is 32.1. The maximum Gasteiger partial charge on any atom is 0.311 e. The average Bonchev–Trinajstić information content (AvgIpc) is 3.07. The molecule has 0 saturated heterocycles. The fourth-order valence-electron chi connectivity index (χ4n) is 3.07. The molecule has 144 valence electrons. The van der Waals surface area contributed by atoms with E-state index in [2.05, 4.69) is 21.4 Å². The van der Waals surface area contributed by atoms with Gasteiger partial charge in [0.2, 0.25) is 4.77 Å². The van der Waals surface area contributed by atoms with Crippen LogP contribution in [0.4, 0.5) is 5.69 Å². The van der Waals surface area contributed by atoms with Gasteiger partial charge in [-0.2, -0.15) is 14.9 Å². The Morgan fingerprint density at radius 3 is 2.83 bits per heavy atom. The number of aromatic hydroxyl groups is 1. The van der Waals surface area contributed by atoms with Crippen molar-refractivity contribution in [1.82, 2.24) is 14.9 Å². The summed E-state index contributed by atoms with van der Waals surface area (Å²) in [6.07, 6.45) is 1.94. The standard InChI is InChI=1S/C20H15N5O3S/c26-18-9-8-13(10-17(18)25(27)28)12-21-24-19(22-23-20(24)29)11-15-6-3-5-14-4-1-2-7-16(14)15/h1-10,12,26H,11H2,(H,23,29)/b21-12+. The van der Waals surface area contributed by atoms with E-state index in [0.29, 0.717) is 22.6 Å². The highest BCUT2D eigenvalue weighted by Crippen LogP contribution is 2.25. The van der Waals surface area contributed by atoms with Gasteiger partial charge in [-0.1, -0.05) is 42.5 Å². The maximum atomic E-state index is 11.0. The molecular weight excluding hydrogens is 390 g/mol. The number of aromatic amines is 1. The van der Waals surface area contributed by atoms with Gasteiger partial charge in [0.05, 0.1) is 11.1 Å². The van der Waals surface area contributed by atoms with Gasteiger partial charge in [-0.05, 0) is 40.7 Å². The van der Waals surface area contributed by atoms with E-state index in [9.17, 15) is 15.2 Å². The lowest BCUT2D eigenvalue weighted by Gasteiger charge is -2.06. The number of nitrogens with zero attached hydrogens (tertiary/aromatic N) is 4. The Hall–Kier alpha value is -3.85. The molecule has 0 aliphatic carbocycles. The molecule has 9 heteroatoms. The lowest BCUT2D eigenvalue weighted by molar-refractivity contribution is -0.385. The number of hydrogen-bond acceptors (Lipinski definition) is 6. The molecule has 1 aromatic heterocycles. The zero-order valence-corrected chi connectivity index (χ0v) is 15.8. The molecule has 0 fully saturated rings. The van der Waals surface area contributed by atoms with Crippen LogP contribution in [0.1, 0.15) is 17.0 Å². The van der Waals surface area contributed by atoms with Gasteiger partial charge in [0, 0.05) is 18.1 Å². The Balaban J connectivity index is 1.68. The zero-order valence-electron chi connectivity index (χ0n) is 15.0. The second-order valence-electron chi connectivity index (χ2n) is 6.32. The van der Waals surface area contributed by atoms with Gasteiger partial charge in [0.15, 0.2) is 11.6 Å². The topological polar surface area (TPSA) is 109 Å². The third kappa shape index (κ3) is 3.76. The van der Waals surface area contributed by atoms with E-state index in [4.69, 9.17) is 12.2 Å². The van der Waals surface area contributed by atoms with Crippen LogP contribution in [0.15, 0.2) is 65.8 Å². The van der Waals surface area contributed by atoms with Gasteiger partial charge < -0.3 is 5.11 Å². The minimum atomic E-state index is -0.651. The molecule has 0 aliphatic heterocycles. The van der Waals surface area contributed by atoms with Crippen LogP contribution in [0.2, 0.25) is 0 Å². The van der Waals surface area contributed by atoms with Crippen molar-refractivity contribution in [3.05, 3.63) is 92.5 Å². The minimum Gasteiger partial charge on any atom is -0.502 e. The summed E-state index contributed by atoms with van der Waals surface area (Å²) in [4.78, 5) is 10.3. The van der Waals surface area contributed by atoms with Gasteiger partial charge in [-0.3, -0.25) is 15.2 Å². The van der Waals surface area contributed by atoms with Crippen LogP contribution in [0, 0.1) is 14.9 Å². The Morgan fingerprint density at radius 1 is 1.21 bits per heavy atom. The van der Waals surface area contributed by atoms with Gasteiger partial charge in [0.25, 0.3) is 0 Å². The molecule has 0 unspecified atom stereocenters. The molecule has 3 aromatic carbocycles. The van der Waals surface area contributed by atoms with E-state index in [-0.39, 0.29) is 5.69 Å². The van der Waals surface area contributed by atoms with Crippen molar-refractivity contribution in [3.8, 4) is 5.75 Å². The van der Waals surface area contributed by atoms with Crippen molar-refractivity contribution in [3.63, 3.8) is 0 Å². The molecule has 0 amide bonds. The lowest BCUT2D eigenvalue weighted by Crippen LogP contribution is -2.01. The van der Waals surface area contributed by atoms with E-state index in [1.54, 1.807) is 0 Å². The average molecular weight is 405 g/mol. The Bertz CT molecular complexity index is 1300. The molecule has 4 aromatic rings. The van der Waals surface area contributed by atoms with Gasteiger partial charge in [-0.25, -0.2) is 0 Å². The predicted octanol–water partition coefficient (Wildman–Crippen LogP) is 4.18. The first kappa shape index (κ1) is 18.5. The molecule has 0 bridgehead atoms. The molecule has 4 rings (SSSR count). The van der Waals surface area contributed by atoms with Crippen molar-refractivity contribution in [1.29, 1.82) is 0 Å². The second-order valence-corrected chi connectivity index (χ2v) is 6.71. The Kier molecular flexibility index (Phi) is 4.88. The van der Waals surface area contributed by atoms with E-state index in [1.165, 1.54) is 29.1 Å². The summed E-state index contributed by atoms with van der Waals surface area (Å²) in [6, 6.07) is 18.2. The van der Waals surface area contributed by atoms with Gasteiger partial charge >= 0.3 is 5.69 Å². The first-order chi connectivity index (χ1) is 14.0. The highest BCUT2D eigenvalue weighted by molar-refractivity contribution is 7.71. The Morgan fingerprint density at radius 2 is 2.00 bits per heavy atom. The number of benzene rings is 3. The number of fused-ring (bicyclic) bond motifs is 1. The maximum absolute atomic E-state index is 11.0. The van der Waals surface area contributed by atoms with Gasteiger partial charge in [0.1, 0.15) is 0 Å². The van der Waals surface area contributed by atoms with Crippen LogP contribution in [0.25, 0.3) is 10.8 Å². The summed E-state index contributed by atoms with van der Waals surface area (Å²) in [6.45, 7) is 0. The third-order valence-electron chi connectivity index (χ3n) is 4.46. The summed E-state index contributed by atoms with van der Waals surface area (Å²) >= 11 is 5.27. The second kappa shape index (κ2) is 7.64. The summed E-state index contributed by atoms with van der Waals surface area (Å²) in [5, 5.41) is 34.2. The van der Waals surface area contributed by atoms with Crippen LogP contribution in [-0.2, 0) is 6.42 Å². The van der Waals surface area contributed by atoms with E-state index >= 15 is 0 Å². The number of hydrogen-bond donors (Lipinski definition) is 2. The van der Waals surface area contributed by atoms with Crippen molar-refractivity contribution in [2.75, 3.05) is 0 Å². The largest absolute Gasteiger partial charge is 0.502 e. The van der Waals surface area contributed by atoms with Crippen molar-refractivity contribution < 1.29 is 10.0 Å². The molecule has 0 atom stereocenters. The number of phenolic OH excluding ortho intramolecular Hbond substituents is 1. The number of rotatable bonds is 5. The molecule has 0 spiro atoms. The van der Waals surface area contributed by atoms with Crippen LogP contribution in [0.3, 0.4) is 0 Å². The van der Waals surface area contributed by atoms with Crippen LogP contribution in [-0.4, -0.2) is 31.1 Å². The molecule has 1 heterocycles. The molecule has 0 radical (unpaired) electrons. The molecule has 2 N–H and O–H groups in total. The summed E-state index contributed by atoms with van der Waals surface area (Å²) in [7, 11) is 0. The fourth-order valence-corrected chi connectivity index (χ4v) is 3.26. The zero-order chi connectivity index (χ0) is 20.4. The molecule has 0 saturated carbocycles. The van der Waals surface area contributed by atoms with Crippen LogP contribution in [0.5, 0.6) is 5.75 Å². The number of nitro groups is 1. The number of H-pyrrole nitrogens is 1. The SMILES string of the molecule is O=[N+]([O-])c1cc(/C=N/n2c(Cc3cccc4ccccc34)n[nH]c2=S)ccc1O. The third-order valence-corrected chi connectivity index (χ3v) is 4.73. The normalized spacial score (nSPS) is 11.3. The van der Waals surface area contributed by atoms with Gasteiger partial charge in [-0.15, -0.1) is 0 Å². The number of nitro benzene ring substituents is 1. The lowest BCUT2D eigenvalue weighted by atomic mass is 10.0. The van der Waals surface area contributed by atoms with E-state index in [0.717, 1.165) is 16.3 Å². The summed E-state index contributed by atoms with van der Waals surface area (Å²) in [5.41, 5.74) is 1.14. The fraction of sp³-hybridized carbons (Fsp3) is 0.0500. The first-order valence-electron chi connectivity index (χ1n) is 8.67. The number of phenols is 1. The first-order valence-corrected chi connectivity index (χ1v) is 9.08. The Labute approximate surface area is 169 Å². The van der Waals surface area contributed by atoms with Crippen molar-refractivity contribution in [2.24, 2.45) is 5.10 Å². The summed E-state index contributed by atoms with van der Waals surface area (Å²) < 4.78 is 1.79.